The highest BCUT2D eigenvalue weighted by molar-refractivity contribution is 5.84. The van der Waals surface area contributed by atoms with E-state index in [1.54, 1.807) is 6.92 Å². The molecule has 2 unspecified atom stereocenters. The van der Waals surface area contributed by atoms with Gasteiger partial charge >= 0.3 is 0 Å². The van der Waals surface area contributed by atoms with Gasteiger partial charge in [0.1, 0.15) is 12.2 Å². The maximum atomic E-state index is 12.3. The summed E-state index contributed by atoms with van der Waals surface area (Å²) in [4.78, 5) is 16.3. The SMILES string of the molecule is C/C=C/[C@@H](O)[C@H]1CC[C@@H](CC2C=CC(NC(=O)C(C)c3ncn[nH]3)=CC2)N1. The van der Waals surface area contributed by atoms with Crippen LogP contribution in [0.5, 0.6) is 0 Å². The Morgan fingerprint density at radius 1 is 1.48 bits per heavy atom. The van der Waals surface area contributed by atoms with Crippen molar-refractivity contribution in [3.8, 4) is 0 Å². The van der Waals surface area contributed by atoms with Gasteiger partial charge in [-0.15, -0.1) is 0 Å². The molecule has 27 heavy (non-hydrogen) atoms. The Morgan fingerprint density at radius 3 is 3.00 bits per heavy atom. The number of nitrogens with one attached hydrogen (secondary N) is 3. The van der Waals surface area contributed by atoms with Crippen molar-refractivity contribution >= 4 is 5.91 Å². The van der Waals surface area contributed by atoms with Gasteiger partial charge in [0.15, 0.2) is 0 Å². The summed E-state index contributed by atoms with van der Waals surface area (Å²) in [5.41, 5.74) is 0.836. The second kappa shape index (κ2) is 9.10. The lowest BCUT2D eigenvalue weighted by Gasteiger charge is -2.22. The molecule has 1 aromatic heterocycles. The molecular weight excluding hydrogens is 342 g/mol. The number of aromatic amines is 1. The molecule has 146 valence electrons. The Morgan fingerprint density at radius 2 is 2.33 bits per heavy atom. The van der Waals surface area contributed by atoms with Crippen molar-refractivity contribution in [1.29, 1.82) is 0 Å². The van der Waals surface area contributed by atoms with Crippen LogP contribution >= 0.6 is 0 Å². The highest BCUT2D eigenvalue weighted by Gasteiger charge is 2.29. The van der Waals surface area contributed by atoms with Crippen molar-refractivity contribution in [3.63, 3.8) is 0 Å². The number of nitrogens with zero attached hydrogens (tertiary/aromatic N) is 2. The molecule has 1 aliphatic heterocycles. The smallest absolute Gasteiger partial charge is 0.234 e. The number of H-pyrrole nitrogens is 1. The number of allylic oxidation sites excluding steroid dienone is 4. The standard InChI is InChI=1S/C20H29N5O2/c1-3-4-18(26)17-10-9-16(23-17)11-14-5-7-15(8-6-14)24-20(27)13(2)19-21-12-22-25-19/h3-5,7-8,12-14,16-18,23,26H,6,9-11H2,1-2H3,(H,24,27)(H,21,22,25)/b4-3+/t13?,14?,16-,17+,18+/m0/s1. The van der Waals surface area contributed by atoms with E-state index in [0.717, 1.165) is 31.4 Å². The zero-order valence-electron chi connectivity index (χ0n) is 15.9. The zero-order valence-corrected chi connectivity index (χ0v) is 15.9. The van der Waals surface area contributed by atoms with Crippen molar-refractivity contribution in [2.45, 2.75) is 63.6 Å². The number of hydrogen-bond acceptors (Lipinski definition) is 5. The summed E-state index contributed by atoms with van der Waals surface area (Å²) in [6, 6.07) is 0.585. The molecule has 0 aromatic carbocycles. The number of rotatable bonds is 7. The average Bonchev–Trinajstić information content (AvgIpc) is 3.35. The lowest BCUT2D eigenvalue weighted by Crippen LogP contribution is -2.38. The summed E-state index contributed by atoms with van der Waals surface area (Å²) in [5.74, 6) is 0.544. The van der Waals surface area contributed by atoms with Gasteiger partial charge in [-0.05, 0) is 51.5 Å². The molecule has 1 aromatic rings. The molecule has 7 nitrogen and oxygen atoms in total. The van der Waals surface area contributed by atoms with Crippen molar-refractivity contribution in [3.05, 3.63) is 48.2 Å². The summed E-state index contributed by atoms with van der Waals surface area (Å²) >= 11 is 0. The molecule has 0 spiro atoms. The largest absolute Gasteiger partial charge is 0.387 e. The molecule has 7 heteroatoms. The Bertz CT molecular complexity index is 710. The molecule has 0 radical (unpaired) electrons. The van der Waals surface area contributed by atoms with Crippen molar-refractivity contribution in [2.24, 2.45) is 5.92 Å². The van der Waals surface area contributed by atoms with Gasteiger partial charge in [0.05, 0.1) is 12.0 Å². The number of amides is 1. The first kappa shape index (κ1) is 19.5. The van der Waals surface area contributed by atoms with Crippen LogP contribution in [0.3, 0.4) is 0 Å². The first-order valence-electron chi connectivity index (χ1n) is 9.68. The van der Waals surface area contributed by atoms with Crippen LogP contribution in [0.15, 0.2) is 42.4 Å². The van der Waals surface area contributed by atoms with Gasteiger partial charge in [0, 0.05) is 17.8 Å². The average molecular weight is 371 g/mol. The predicted octanol–water partition coefficient (Wildman–Crippen LogP) is 1.93. The summed E-state index contributed by atoms with van der Waals surface area (Å²) in [5, 5.41) is 23.1. The minimum atomic E-state index is -0.407. The Labute approximate surface area is 160 Å². The van der Waals surface area contributed by atoms with E-state index in [4.69, 9.17) is 0 Å². The number of hydrogen-bond donors (Lipinski definition) is 4. The first-order chi connectivity index (χ1) is 13.1. The van der Waals surface area contributed by atoms with E-state index < -0.39 is 6.10 Å². The number of aliphatic hydroxyl groups excluding tert-OH is 1. The fraction of sp³-hybridized carbons (Fsp3) is 0.550. The molecule has 2 heterocycles. The van der Waals surface area contributed by atoms with Gasteiger partial charge in [-0.1, -0.05) is 24.3 Å². The maximum Gasteiger partial charge on any atom is 0.234 e. The van der Waals surface area contributed by atoms with E-state index in [1.165, 1.54) is 6.33 Å². The Balaban J connectivity index is 1.44. The van der Waals surface area contributed by atoms with Gasteiger partial charge in [-0.3, -0.25) is 9.89 Å². The topological polar surface area (TPSA) is 103 Å². The molecule has 1 amide bonds. The lowest BCUT2D eigenvalue weighted by molar-refractivity contribution is -0.121. The van der Waals surface area contributed by atoms with Crippen LogP contribution in [0, 0.1) is 5.92 Å². The summed E-state index contributed by atoms with van der Waals surface area (Å²) in [6.45, 7) is 3.73. The number of aromatic nitrogens is 3. The second-order valence-corrected chi connectivity index (χ2v) is 7.40. The van der Waals surface area contributed by atoms with E-state index in [0.29, 0.717) is 17.8 Å². The van der Waals surface area contributed by atoms with Crippen molar-refractivity contribution in [2.75, 3.05) is 0 Å². The van der Waals surface area contributed by atoms with Crippen LogP contribution in [-0.4, -0.2) is 44.4 Å². The van der Waals surface area contributed by atoms with Crippen LogP contribution in [0.25, 0.3) is 0 Å². The normalized spacial score (nSPS) is 27.5. The summed E-state index contributed by atoms with van der Waals surface area (Å²) in [6.07, 6.45) is 15.0. The Hall–Kier alpha value is -2.25. The molecule has 1 aliphatic carbocycles. The van der Waals surface area contributed by atoms with Gasteiger partial charge < -0.3 is 15.7 Å². The second-order valence-electron chi connectivity index (χ2n) is 7.40. The van der Waals surface area contributed by atoms with E-state index in [2.05, 4.69) is 38.0 Å². The van der Waals surface area contributed by atoms with Gasteiger partial charge in [-0.25, -0.2) is 4.98 Å². The predicted molar refractivity (Wildman–Crippen MR) is 104 cm³/mol. The summed E-state index contributed by atoms with van der Waals surface area (Å²) in [7, 11) is 0. The fourth-order valence-electron chi connectivity index (χ4n) is 3.73. The van der Waals surface area contributed by atoms with Crippen LogP contribution in [0.4, 0.5) is 0 Å². The van der Waals surface area contributed by atoms with Gasteiger partial charge in [0.25, 0.3) is 0 Å². The highest BCUT2D eigenvalue weighted by atomic mass is 16.3. The third-order valence-corrected chi connectivity index (χ3v) is 5.36. The minimum absolute atomic E-state index is 0.0978. The highest BCUT2D eigenvalue weighted by Crippen LogP contribution is 2.26. The lowest BCUT2D eigenvalue weighted by atomic mass is 9.92. The molecule has 5 atom stereocenters. The quantitative estimate of drug-likeness (QED) is 0.549. The van der Waals surface area contributed by atoms with Gasteiger partial charge in [-0.2, -0.15) is 5.10 Å². The van der Waals surface area contributed by atoms with Crippen LogP contribution in [0.2, 0.25) is 0 Å². The van der Waals surface area contributed by atoms with E-state index >= 15 is 0 Å². The number of carbonyl (C=O) groups excluding carboxylic acids is 1. The molecule has 1 saturated heterocycles. The summed E-state index contributed by atoms with van der Waals surface area (Å²) < 4.78 is 0. The molecule has 2 aliphatic rings. The third-order valence-electron chi connectivity index (χ3n) is 5.36. The molecule has 0 bridgehead atoms. The minimum Gasteiger partial charge on any atom is -0.387 e. The van der Waals surface area contributed by atoms with E-state index in [1.807, 2.05) is 25.2 Å². The molecule has 4 N–H and O–H groups in total. The van der Waals surface area contributed by atoms with E-state index in [-0.39, 0.29) is 17.9 Å². The van der Waals surface area contributed by atoms with Crippen molar-refractivity contribution < 1.29 is 9.90 Å². The first-order valence-corrected chi connectivity index (χ1v) is 9.68. The van der Waals surface area contributed by atoms with Crippen LogP contribution < -0.4 is 10.6 Å². The number of carbonyl (C=O) groups is 1. The molecular formula is C20H29N5O2. The van der Waals surface area contributed by atoms with Crippen LogP contribution in [-0.2, 0) is 4.79 Å². The maximum absolute atomic E-state index is 12.3. The van der Waals surface area contributed by atoms with Gasteiger partial charge in [0.2, 0.25) is 5.91 Å². The molecule has 3 rings (SSSR count). The van der Waals surface area contributed by atoms with E-state index in [9.17, 15) is 9.90 Å². The Kier molecular flexibility index (Phi) is 6.58. The molecule has 1 fully saturated rings. The number of aliphatic hydroxyl groups is 1. The molecule has 0 saturated carbocycles. The zero-order chi connectivity index (χ0) is 19.2. The third kappa shape index (κ3) is 5.14. The fourth-order valence-corrected chi connectivity index (χ4v) is 3.73. The monoisotopic (exact) mass is 371 g/mol. The van der Waals surface area contributed by atoms with Crippen LogP contribution in [0.1, 0.15) is 51.3 Å². The van der Waals surface area contributed by atoms with Crippen molar-refractivity contribution in [1.82, 2.24) is 25.8 Å².